The Bertz CT molecular complexity index is 1350. The Morgan fingerprint density at radius 1 is 0.844 bits per heavy atom. The Kier molecular flexibility index (Phi) is 4.34. The van der Waals surface area contributed by atoms with Crippen LogP contribution in [0.25, 0.3) is 0 Å². The van der Waals surface area contributed by atoms with Gasteiger partial charge < -0.3 is 10.1 Å². The maximum absolute atomic E-state index is 13.1. The molecule has 0 bridgehead atoms. The molecule has 32 heavy (non-hydrogen) atoms. The van der Waals surface area contributed by atoms with E-state index in [0.717, 1.165) is 0 Å². The highest BCUT2D eigenvalue weighted by Gasteiger charge is 2.34. The third-order valence-electron chi connectivity index (χ3n) is 5.72. The average Bonchev–Trinajstić information content (AvgIpc) is 2.76. The molecule has 6 heteroatoms. The lowest BCUT2D eigenvalue weighted by Gasteiger charge is -2.31. The lowest BCUT2D eigenvalue weighted by atomic mass is 9.83. The third kappa shape index (κ3) is 3.12. The molecule has 0 saturated heterocycles. The number of hydrogen-bond acceptors (Lipinski definition) is 5. The molecule has 6 nitrogen and oxygen atoms in total. The predicted molar refractivity (Wildman–Crippen MR) is 118 cm³/mol. The summed E-state index contributed by atoms with van der Waals surface area (Å²) in [6.07, 6.45) is 0.216. The fourth-order valence-corrected chi connectivity index (χ4v) is 4.24. The average molecular weight is 425 g/mol. The molecule has 0 spiro atoms. The lowest BCUT2D eigenvalue weighted by molar-refractivity contribution is 0.0619. The smallest absolute Gasteiger partial charge is 0.255 e. The van der Waals surface area contributed by atoms with Gasteiger partial charge in [0.25, 0.3) is 5.91 Å². The van der Waals surface area contributed by atoms with E-state index in [0.29, 0.717) is 22.4 Å². The molecule has 0 saturated carbocycles. The quantitative estimate of drug-likeness (QED) is 0.512. The number of fused-ring (bicyclic) bond motifs is 3. The first-order chi connectivity index (χ1) is 15.2. The van der Waals surface area contributed by atoms with Gasteiger partial charge in [-0.05, 0) is 38.1 Å². The number of carbonyl (C=O) groups is 4. The van der Waals surface area contributed by atoms with Gasteiger partial charge in [0, 0.05) is 22.3 Å². The van der Waals surface area contributed by atoms with Crippen molar-refractivity contribution in [1.82, 2.24) is 0 Å². The van der Waals surface area contributed by atoms with Crippen molar-refractivity contribution in [1.29, 1.82) is 0 Å². The van der Waals surface area contributed by atoms with Crippen molar-refractivity contribution >= 4 is 28.9 Å². The van der Waals surface area contributed by atoms with Crippen LogP contribution in [0.3, 0.4) is 0 Å². The van der Waals surface area contributed by atoms with E-state index in [-0.39, 0.29) is 46.1 Å². The number of anilines is 1. The van der Waals surface area contributed by atoms with Gasteiger partial charge in [0.1, 0.15) is 11.4 Å². The van der Waals surface area contributed by atoms with Gasteiger partial charge >= 0.3 is 0 Å². The second kappa shape index (κ2) is 6.99. The van der Waals surface area contributed by atoms with Crippen LogP contribution in [-0.2, 0) is 0 Å². The number of benzene rings is 3. The summed E-state index contributed by atoms with van der Waals surface area (Å²) in [4.78, 5) is 51.5. The summed E-state index contributed by atoms with van der Waals surface area (Å²) in [5, 5.41) is 2.74. The fraction of sp³-hybridized carbons (Fsp3) is 0.154. The van der Waals surface area contributed by atoms with Crippen LogP contribution in [0.5, 0.6) is 5.75 Å². The molecule has 5 rings (SSSR count). The normalized spacial score (nSPS) is 15.9. The number of hydrogen-bond donors (Lipinski definition) is 1. The molecule has 3 aromatic rings. The zero-order valence-corrected chi connectivity index (χ0v) is 17.5. The first-order valence-corrected chi connectivity index (χ1v) is 10.2. The van der Waals surface area contributed by atoms with Crippen LogP contribution >= 0.6 is 0 Å². The minimum atomic E-state index is -0.597. The van der Waals surface area contributed by atoms with Crippen LogP contribution in [0.15, 0.2) is 60.7 Å². The molecule has 0 unspecified atom stereocenters. The van der Waals surface area contributed by atoms with Gasteiger partial charge in [-0.1, -0.05) is 36.4 Å². The second-order valence-corrected chi connectivity index (χ2v) is 8.56. The molecule has 1 aliphatic heterocycles. The Labute approximate surface area is 184 Å². The molecule has 1 N–H and O–H groups in total. The molecule has 3 aromatic carbocycles. The van der Waals surface area contributed by atoms with Gasteiger partial charge in [-0.15, -0.1) is 0 Å². The molecule has 1 aliphatic carbocycles. The van der Waals surface area contributed by atoms with Crippen molar-refractivity contribution in [2.75, 3.05) is 5.32 Å². The monoisotopic (exact) mass is 425 g/mol. The van der Waals surface area contributed by atoms with Crippen molar-refractivity contribution in [3.8, 4) is 5.75 Å². The summed E-state index contributed by atoms with van der Waals surface area (Å²) in [6.45, 7) is 3.67. The van der Waals surface area contributed by atoms with E-state index < -0.39 is 11.5 Å². The highest BCUT2D eigenvalue weighted by Crippen LogP contribution is 2.35. The molecular weight excluding hydrogens is 406 g/mol. The number of ether oxygens (including phenoxy) is 1. The van der Waals surface area contributed by atoms with Gasteiger partial charge in [-0.3, -0.25) is 19.2 Å². The highest BCUT2D eigenvalue weighted by atomic mass is 16.5. The zero-order chi connectivity index (χ0) is 22.6. The maximum Gasteiger partial charge on any atom is 0.255 e. The Morgan fingerprint density at radius 2 is 1.53 bits per heavy atom. The number of ketones is 3. The fourth-order valence-electron chi connectivity index (χ4n) is 4.24. The van der Waals surface area contributed by atoms with Gasteiger partial charge in [-0.25, -0.2) is 0 Å². The van der Waals surface area contributed by atoms with Crippen LogP contribution < -0.4 is 10.1 Å². The van der Waals surface area contributed by atoms with E-state index in [1.165, 1.54) is 6.07 Å². The van der Waals surface area contributed by atoms with Crippen LogP contribution in [0.2, 0.25) is 0 Å². The van der Waals surface area contributed by atoms with Gasteiger partial charge in [0.2, 0.25) is 0 Å². The lowest BCUT2D eigenvalue weighted by Crippen LogP contribution is -2.36. The Morgan fingerprint density at radius 3 is 2.28 bits per heavy atom. The number of Topliss-reactive ketones (excluding diaryl/α,β-unsaturated/α-hetero) is 1. The van der Waals surface area contributed by atoms with Crippen molar-refractivity contribution in [3.63, 3.8) is 0 Å². The van der Waals surface area contributed by atoms with Gasteiger partial charge in [-0.2, -0.15) is 0 Å². The van der Waals surface area contributed by atoms with E-state index >= 15 is 0 Å². The summed E-state index contributed by atoms with van der Waals surface area (Å²) in [5.41, 5.74) is 1.35. The summed E-state index contributed by atoms with van der Waals surface area (Å²) in [6, 6.07) is 16.1. The van der Waals surface area contributed by atoms with Gasteiger partial charge in [0.15, 0.2) is 17.3 Å². The van der Waals surface area contributed by atoms with Crippen LogP contribution in [0.1, 0.15) is 72.8 Å². The van der Waals surface area contributed by atoms with Crippen molar-refractivity contribution in [2.45, 2.75) is 25.9 Å². The number of nitrogens with one attached hydrogen (secondary N) is 1. The van der Waals surface area contributed by atoms with Crippen LogP contribution in [0, 0.1) is 0 Å². The molecule has 1 heterocycles. The Balaban J connectivity index is 1.50. The zero-order valence-electron chi connectivity index (χ0n) is 17.5. The summed E-state index contributed by atoms with van der Waals surface area (Å²) < 4.78 is 5.84. The topological polar surface area (TPSA) is 89.5 Å². The first kappa shape index (κ1) is 19.9. The van der Waals surface area contributed by atoms with Gasteiger partial charge in [0.05, 0.1) is 23.2 Å². The predicted octanol–water partition coefficient (Wildman–Crippen LogP) is 4.46. The minimum absolute atomic E-state index is 0.0969. The third-order valence-corrected chi connectivity index (χ3v) is 5.72. The molecule has 0 radical (unpaired) electrons. The largest absolute Gasteiger partial charge is 0.487 e. The molecule has 2 aliphatic rings. The molecule has 158 valence electrons. The first-order valence-electron chi connectivity index (χ1n) is 10.2. The molecule has 1 amide bonds. The molecule has 0 fully saturated rings. The van der Waals surface area contributed by atoms with Crippen LogP contribution in [0.4, 0.5) is 5.69 Å². The van der Waals surface area contributed by atoms with Crippen molar-refractivity contribution in [3.05, 3.63) is 94.0 Å². The van der Waals surface area contributed by atoms with E-state index in [2.05, 4.69) is 5.32 Å². The standard InChI is InChI=1S/C26H19NO5/c1-26(2)13-20(28)18-12-14(10-11-21(18)32-26)25(31)27-19-9-5-8-17-22(19)24(30)16-7-4-3-6-15(16)23(17)29/h3-12H,13H2,1-2H3,(H,27,31). The number of amides is 1. The SMILES string of the molecule is CC1(C)CC(=O)c2cc(C(=O)Nc3cccc4c3C(=O)c3ccccc3C4=O)ccc2O1. The highest BCUT2D eigenvalue weighted by molar-refractivity contribution is 6.30. The Hall–Kier alpha value is -4.06. The number of carbonyl (C=O) groups excluding carboxylic acids is 4. The van der Waals surface area contributed by atoms with E-state index in [4.69, 9.17) is 4.74 Å². The van der Waals surface area contributed by atoms with Crippen molar-refractivity contribution in [2.24, 2.45) is 0 Å². The number of rotatable bonds is 2. The molecule has 0 aromatic heterocycles. The van der Waals surface area contributed by atoms with E-state index in [9.17, 15) is 19.2 Å². The summed E-state index contributed by atoms with van der Waals surface area (Å²) in [5.74, 6) is -0.719. The molecule has 0 atom stereocenters. The molecular formula is C26H19NO5. The van der Waals surface area contributed by atoms with E-state index in [1.807, 2.05) is 13.8 Å². The summed E-state index contributed by atoms with van der Waals surface area (Å²) in [7, 11) is 0. The maximum atomic E-state index is 13.1. The van der Waals surface area contributed by atoms with E-state index in [1.54, 1.807) is 54.6 Å². The van der Waals surface area contributed by atoms with Crippen molar-refractivity contribution < 1.29 is 23.9 Å². The van der Waals surface area contributed by atoms with Crippen LogP contribution in [-0.4, -0.2) is 28.9 Å². The minimum Gasteiger partial charge on any atom is -0.487 e. The summed E-state index contributed by atoms with van der Waals surface area (Å²) >= 11 is 0. The second-order valence-electron chi connectivity index (χ2n) is 8.56.